The van der Waals surface area contributed by atoms with Gasteiger partial charge in [0.25, 0.3) is 0 Å². The van der Waals surface area contributed by atoms with Crippen LogP contribution >= 0.6 is 0 Å². The van der Waals surface area contributed by atoms with Crippen molar-refractivity contribution < 1.29 is 22.8 Å². The molecule has 1 aromatic rings. The maximum atomic E-state index is 12.6. The summed E-state index contributed by atoms with van der Waals surface area (Å²) in [5.41, 5.74) is -1.35. The molecule has 9 heteroatoms. The number of anilines is 1. The van der Waals surface area contributed by atoms with Gasteiger partial charge in [0.2, 0.25) is 11.8 Å². The summed E-state index contributed by atoms with van der Waals surface area (Å²) in [6.45, 7) is 7.27. The van der Waals surface area contributed by atoms with Crippen LogP contribution in [0, 0.1) is 5.41 Å². The van der Waals surface area contributed by atoms with Gasteiger partial charge in [0.05, 0.1) is 12.1 Å². The van der Waals surface area contributed by atoms with E-state index in [-0.39, 0.29) is 18.4 Å². The van der Waals surface area contributed by atoms with E-state index in [1.54, 1.807) is 25.7 Å². The lowest BCUT2D eigenvalue weighted by atomic mass is 9.96. The van der Waals surface area contributed by atoms with Crippen molar-refractivity contribution in [3.05, 3.63) is 23.9 Å². The minimum Gasteiger partial charge on any atom is -0.355 e. The largest absolute Gasteiger partial charge is 0.417 e. The molecular formula is C18H25F3N4O2. The van der Waals surface area contributed by atoms with Gasteiger partial charge in [-0.25, -0.2) is 4.98 Å². The quantitative estimate of drug-likeness (QED) is 0.866. The molecule has 1 aliphatic heterocycles. The molecule has 27 heavy (non-hydrogen) atoms. The lowest BCUT2D eigenvalue weighted by Gasteiger charge is -2.24. The summed E-state index contributed by atoms with van der Waals surface area (Å²) in [6.07, 6.45) is -2.92. The van der Waals surface area contributed by atoms with Crippen LogP contribution in [0.1, 0.15) is 32.8 Å². The molecule has 1 saturated heterocycles. The smallest absolute Gasteiger partial charge is 0.355 e. The van der Waals surface area contributed by atoms with Gasteiger partial charge in [-0.1, -0.05) is 20.8 Å². The van der Waals surface area contributed by atoms with Gasteiger partial charge >= 0.3 is 6.18 Å². The molecule has 1 aliphatic rings. The average molecular weight is 386 g/mol. The molecule has 1 fully saturated rings. The van der Waals surface area contributed by atoms with E-state index in [9.17, 15) is 22.8 Å². The Morgan fingerprint density at radius 3 is 2.37 bits per heavy atom. The second-order valence-electron chi connectivity index (χ2n) is 7.56. The van der Waals surface area contributed by atoms with Gasteiger partial charge in [-0.2, -0.15) is 13.2 Å². The van der Waals surface area contributed by atoms with Gasteiger partial charge in [-0.3, -0.25) is 9.59 Å². The molecule has 2 amide bonds. The summed E-state index contributed by atoms with van der Waals surface area (Å²) >= 11 is 0. The second kappa shape index (κ2) is 8.14. The molecule has 2 heterocycles. The number of carbonyl (C=O) groups excluding carboxylic acids is 2. The van der Waals surface area contributed by atoms with Crippen molar-refractivity contribution in [2.45, 2.75) is 33.4 Å². The normalized spacial score (nSPS) is 16.1. The Morgan fingerprint density at radius 2 is 1.81 bits per heavy atom. The molecule has 1 N–H and O–H groups in total. The van der Waals surface area contributed by atoms with E-state index in [1.165, 1.54) is 6.07 Å². The fourth-order valence-corrected chi connectivity index (χ4v) is 2.67. The third-order valence-corrected chi connectivity index (χ3v) is 4.33. The van der Waals surface area contributed by atoms with E-state index in [0.717, 1.165) is 12.3 Å². The van der Waals surface area contributed by atoms with Crippen LogP contribution in [0.2, 0.25) is 0 Å². The summed E-state index contributed by atoms with van der Waals surface area (Å²) < 4.78 is 37.9. The molecule has 0 aromatic carbocycles. The number of nitrogens with one attached hydrogen (secondary N) is 1. The average Bonchev–Trinajstić information content (AvgIpc) is 2.84. The molecule has 2 rings (SSSR count). The molecule has 0 saturated carbocycles. The van der Waals surface area contributed by atoms with E-state index >= 15 is 0 Å². The van der Waals surface area contributed by atoms with Gasteiger partial charge in [0.1, 0.15) is 5.82 Å². The Labute approximate surface area is 156 Å². The summed E-state index contributed by atoms with van der Waals surface area (Å²) in [6, 6.07) is 2.36. The number of aromatic nitrogens is 1. The maximum Gasteiger partial charge on any atom is 0.417 e. The Morgan fingerprint density at radius 1 is 1.11 bits per heavy atom. The summed E-state index contributed by atoms with van der Waals surface area (Å²) in [7, 11) is 0. The molecule has 0 aliphatic carbocycles. The monoisotopic (exact) mass is 386 g/mol. The van der Waals surface area contributed by atoms with Crippen molar-refractivity contribution in [1.29, 1.82) is 0 Å². The fraction of sp³-hybridized carbons (Fsp3) is 0.611. The Bertz CT molecular complexity index is 669. The van der Waals surface area contributed by atoms with E-state index in [4.69, 9.17) is 0 Å². The van der Waals surface area contributed by atoms with E-state index in [2.05, 4.69) is 10.3 Å². The SMILES string of the molecule is CC(C)(C)C(=O)NCC(=O)N1CCCN(c2ccc(C(F)(F)F)cn2)CC1. The topological polar surface area (TPSA) is 65.5 Å². The molecule has 0 spiro atoms. The Hall–Kier alpha value is -2.32. The predicted octanol–water partition coefficient (Wildman–Crippen LogP) is 2.30. The van der Waals surface area contributed by atoms with Crippen LogP contribution < -0.4 is 10.2 Å². The number of carbonyl (C=O) groups is 2. The molecule has 0 bridgehead atoms. The second-order valence-corrected chi connectivity index (χ2v) is 7.56. The van der Waals surface area contributed by atoms with E-state index < -0.39 is 17.2 Å². The summed E-state index contributed by atoms with van der Waals surface area (Å²) in [5, 5.41) is 2.64. The van der Waals surface area contributed by atoms with Crippen LogP contribution in [0.5, 0.6) is 0 Å². The molecule has 0 atom stereocenters. The van der Waals surface area contributed by atoms with Crippen molar-refractivity contribution in [3.8, 4) is 0 Å². The highest BCUT2D eigenvalue weighted by molar-refractivity contribution is 5.87. The van der Waals surface area contributed by atoms with E-state index in [1.807, 2.05) is 4.90 Å². The van der Waals surface area contributed by atoms with Gasteiger partial charge in [0.15, 0.2) is 0 Å². The predicted molar refractivity (Wildman–Crippen MR) is 95.1 cm³/mol. The number of halogens is 3. The first-order chi connectivity index (χ1) is 12.5. The van der Waals surface area contributed by atoms with Crippen molar-refractivity contribution in [1.82, 2.24) is 15.2 Å². The molecule has 1 aromatic heterocycles. The number of hydrogen-bond donors (Lipinski definition) is 1. The lowest BCUT2D eigenvalue weighted by molar-refractivity contribution is -0.137. The van der Waals surface area contributed by atoms with Gasteiger partial charge in [-0.15, -0.1) is 0 Å². The minimum absolute atomic E-state index is 0.0609. The highest BCUT2D eigenvalue weighted by atomic mass is 19.4. The Balaban J connectivity index is 1.91. The van der Waals surface area contributed by atoms with Crippen molar-refractivity contribution in [3.63, 3.8) is 0 Å². The zero-order valence-electron chi connectivity index (χ0n) is 15.8. The lowest BCUT2D eigenvalue weighted by Crippen LogP contribution is -2.44. The van der Waals surface area contributed by atoms with Crippen molar-refractivity contribution in [2.75, 3.05) is 37.6 Å². The van der Waals surface area contributed by atoms with Gasteiger partial charge < -0.3 is 15.1 Å². The third kappa shape index (κ3) is 5.83. The van der Waals surface area contributed by atoms with Crippen LogP contribution in [0.25, 0.3) is 0 Å². The number of hydrogen-bond acceptors (Lipinski definition) is 4. The minimum atomic E-state index is -4.41. The maximum absolute atomic E-state index is 12.6. The van der Waals surface area contributed by atoms with Crippen LogP contribution in [0.15, 0.2) is 18.3 Å². The first-order valence-corrected chi connectivity index (χ1v) is 8.83. The highest BCUT2D eigenvalue weighted by Gasteiger charge is 2.31. The van der Waals surface area contributed by atoms with Crippen molar-refractivity contribution in [2.24, 2.45) is 5.41 Å². The van der Waals surface area contributed by atoms with Crippen molar-refractivity contribution >= 4 is 17.6 Å². The van der Waals surface area contributed by atoms with Crippen LogP contribution in [-0.4, -0.2) is 54.4 Å². The number of rotatable bonds is 3. The number of nitrogens with zero attached hydrogens (tertiary/aromatic N) is 3. The molecule has 0 unspecified atom stereocenters. The highest BCUT2D eigenvalue weighted by Crippen LogP contribution is 2.29. The van der Waals surface area contributed by atoms with Crippen LogP contribution in [0.3, 0.4) is 0 Å². The fourth-order valence-electron chi connectivity index (χ4n) is 2.67. The van der Waals surface area contributed by atoms with Gasteiger partial charge in [-0.05, 0) is 18.6 Å². The standard InChI is InChI=1S/C18H25F3N4O2/c1-17(2,3)16(27)23-12-15(26)25-8-4-7-24(9-10-25)14-6-5-13(11-22-14)18(19,20)21/h5-6,11H,4,7-10,12H2,1-3H3,(H,23,27). The third-order valence-electron chi connectivity index (χ3n) is 4.33. The Kier molecular flexibility index (Phi) is 6.33. The molecule has 150 valence electrons. The van der Waals surface area contributed by atoms with E-state index in [0.29, 0.717) is 38.4 Å². The molecular weight excluding hydrogens is 361 g/mol. The number of pyridine rings is 1. The van der Waals surface area contributed by atoms with Crippen LogP contribution in [0.4, 0.5) is 19.0 Å². The first-order valence-electron chi connectivity index (χ1n) is 8.83. The zero-order valence-corrected chi connectivity index (χ0v) is 15.8. The summed E-state index contributed by atoms with van der Waals surface area (Å²) in [5.74, 6) is 0.0921. The molecule has 0 radical (unpaired) electrons. The molecule has 6 nitrogen and oxygen atoms in total. The first kappa shape index (κ1) is 21.0. The van der Waals surface area contributed by atoms with Gasteiger partial charge in [0, 0.05) is 37.8 Å². The zero-order chi connectivity index (χ0) is 20.2. The number of alkyl halides is 3. The van der Waals surface area contributed by atoms with Crippen LogP contribution in [-0.2, 0) is 15.8 Å². The number of amides is 2. The summed E-state index contributed by atoms with van der Waals surface area (Å²) in [4.78, 5) is 31.6.